The van der Waals surface area contributed by atoms with Crippen molar-refractivity contribution >= 4 is 0 Å². The van der Waals surface area contributed by atoms with Crippen LogP contribution in [0.1, 0.15) is 19.3 Å². The van der Waals surface area contributed by atoms with E-state index in [9.17, 15) is 8.78 Å². The van der Waals surface area contributed by atoms with Crippen LogP contribution in [0, 0.1) is 0 Å². The first kappa shape index (κ1) is 13.3. The fourth-order valence-corrected chi connectivity index (χ4v) is 1.50. The van der Waals surface area contributed by atoms with Gasteiger partial charge in [0.25, 0.3) is 6.43 Å². The molecule has 0 saturated carbocycles. The molecule has 1 aliphatic heterocycles. The Hall–Kier alpha value is -0.720. The molecule has 0 aliphatic carbocycles. The second-order valence-corrected chi connectivity index (χ2v) is 3.57. The van der Waals surface area contributed by atoms with Gasteiger partial charge < -0.3 is 9.47 Å². The van der Waals surface area contributed by atoms with Crippen molar-refractivity contribution in [3.63, 3.8) is 0 Å². The van der Waals surface area contributed by atoms with Crippen molar-refractivity contribution in [2.24, 2.45) is 5.84 Å². The molecule has 0 spiro atoms. The molecule has 0 amide bonds. The van der Waals surface area contributed by atoms with Crippen LogP contribution < -0.4 is 11.3 Å². The van der Waals surface area contributed by atoms with Crippen LogP contribution in [0.15, 0.2) is 11.8 Å². The monoisotopic (exact) mass is 236 g/mol. The van der Waals surface area contributed by atoms with Crippen molar-refractivity contribution in [3.05, 3.63) is 11.8 Å². The van der Waals surface area contributed by atoms with Gasteiger partial charge in [-0.3, -0.25) is 5.84 Å². The largest absolute Gasteiger partial charge is 0.497 e. The Morgan fingerprint density at radius 2 is 2.38 bits per heavy atom. The first-order chi connectivity index (χ1) is 7.74. The minimum atomic E-state index is -2.42. The number of hydrazine groups is 1. The molecule has 1 atom stereocenters. The Morgan fingerprint density at radius 1 is 1.56 bits per heavy atom. The molecule has 0 saturated heterocycles. The zero-order valence-corrected chi connectivity index (χ0v) is 9.12. The summed E-state index contributed by atoms with van der Waals surface area (Å²) in [5.74, 6) is 6.16. The molecule has 0 fully saturated rings. The molecular formula is C10H18F2N2O2. The molecule has 1 rings (SSSR count). The average Bonchev–Trinajstić information content (AvgIpc) is 2.30. The predicted octanol–water partition coefficient (Wildman–Crippen LogP) is 1.18. The van der Waals surface area contributed by atoms with E-state index < -0.39 is 13.0 Å². The Balaban J connectivity index is 2.23. The quantitative estimate of drug-likeness (QED) is 0.396. The fraction of sp³-hybridized carbons (Fsp3) is 0.800. The van der Waals surface area contributed by atoms with E-state index >= 15 is 0 Å². The third-order valence-electron chi connectivity index (χ3n) is 2.30. The Bertz CT molecular complexity index is 225. The summed E-state index contributed by atoms with van der Waals surface area (Å²) in [5, 5.41) is 0. The first-order valence-corrected chi connectivity index (χ1v) is 5.39. The minimum absolute atomic E-state index is 0.155. The van der Waals surface area contributed by atoms with Crippen molar-refractivity contribution < 1.29 is 18.3 Å². The first-order valence-electron chi connectivity index (χ1n) is 5.39. The summed E-state index contributed by atoms with van der Waals surface area (Å²) in [6, 6.07) is -0.155. The highest BCUT2D eigenvalue weighted by Gasteiger charge is 2.16. The number of nitrogens with one attached hydrogen (secondary N) is 1. The predicted molar refractivity (Wildman–Crippen MR) is 55.8 cm³/mol. The van der Waals surface area contributed by atoms with Gasteiger partial charge in [0.15, 0.2) is 0 Å². The van der Waals surface area contributed by atoms with Crippen LogP contribution in [0.25, 0.3) is 0 Å². The Labute approximate surface area is 93.7 Å². The SMILES string of the molecule is NNC(CCOCC(F)F)C1=CCCCO1. The average molecular weight is 236 g/mol. The maximum Gasteiger partial charge on any atom is 0.261 e. The molecule has 0 aromatic heterocycles. The van der Waals surface area contributed by atoms with Crippen LogP contribution >= 0.6 is 0 Å². The lowest BCUT2D eigenvalue weighted by Gasteiger charge is -2.23. The summed E-state index contributed by atoms with van der Waals surface area (Å²) in [5.41, 5.74) is 2.60. The topological polar surface area (TPSA) is 56.5 Å². The zero-order chi connectivity index (χ0) is 11.8. The van der Waals surface area contributed by atoms with Crippen molar-refractivity contribution in [1.29, 1.82) is 0 Å². The van der Waals surface area contributed by atoms with Gasteiger partial charge in [-0.2, -0.15) is 0 Å². The molecule has 94 valence electrons. The molecule has 1 unspecified atom stereocenters. The summed E-state index contributed by atoms with van der Waals surface area (Å²) in [4.78, 5) is 0. The number of hydrogen-bond acceptors (Lipinski definition) is 4. The van der Waals surface area contributed by atoms with E-state index in [0.29, 0.717) is 13.0 Å². The molecule has 4 nitrogen and oxygen atoms in total. The van der Waals surface area contributed by atoms with Crippen LogP contribution in [0.3, 0.4) is 0 Å². The van der Waals surface area contributed by atoms with E-state index in [4.69, 9.17) is 15.3 Å². The van der Waals surface area contributed by atoms with E-state index in [2.05, 4.69) is 5.43 Å². The molecule has 6 heteroatoms. The second-order valence-electron chi connectivity index (χ2n) is 3.57. The van der Waals surface area contributed by atoms with Gasteiger partial charge in [0.2, 0.25) is 0 Å². The third-order valence-corrected chi connectivity index (χ3v) is 2.30. The van der Waals surface area contributed by atoms with Gasteiger partial charge >= 0.3 is 0 Å². The van der Waals surface area contributed by atoms with Crippen molar-refractivity contribution in [2.75, 3.05) is 19.8 Å². The second kappa shape index (κ2) is 7.54. The molecule has 3 N–H and O–H groups in total. The van der Waals surface area contributed by atoms with Gasteiger partial charge in [-0.25, -0.2) is 14.2 Å². The van der Waals surface area contributed by atoms with Gasteiger partial charge in [-0.1, -0.05) is 0 Å². The van der Waals surface area contributed by atoms with E-state index in [0.717, 1.165) is 18.6 Å². The summed E-state index contributed by atoms with van der Waals surface area (Å²) < 4.78 is 33.8. The highest BCUT2D eigenvalue weighted by Crippen LogP contribution is 2.15. The lowest BCUT2D eigenvalue weighted by Crippen LogP contribution is -2.39. The van der Waals surface area contributed by atoms with Crippen molar-refractivity contribution in [1.82, 2.24) is 5.43 Å². The molecule has 1 heterocycles. The Morgan fingerprint density at radius 3 is 2.94 bits per heavy atom. The van der Waals surface area contributed by atoms with E-state index in [-0.39, 0.29) is 12.6 Å². The fourth-order valence-electron chi connectivity index (χ4n) is 1.50. The number of nitrogens with two attached hydrogens (primary N) is 1. The van der Waals surface area contributed by atoms with Gasteiger partial charge in [-0.05, 0) is 25.3 Å². The van der Waals surface area contributed by atoms with E-state index in [1.165, 1.54) is 0 Å². The number of hydrogen-bond donors (Lipinski definition) is 2. The highest BCUT2D eigenvalue weighted by molar-refractivity contribution is 5.04. The van der Waals surface area contributed by atoms with Crippen molar-refractivity contribution in [2.45, 2.75) is 31.7 Å². The molecule has 0 radical (unpaired) electrons. The van der Waals surface area contributed by atoms with Gasteiger partial charge in [0, 0.05) is 6.61 Å². The smallest absolute Gasteiger partial charge is 0.261 e. The molecular weight excluding hydrogens is 218 g/mol. The van der Waals surface area contributed by atoms with Crippen LogP contribution in [-0.2, 0) is 9.47 Å². The summed E-state index contributed by atoms with van der Waals surface area (Å²) in [7, 11) is 0. The van der Waals surface area contributed by atoms with E-state index in [1.54, 1.807) is 0 Å². The van der Waals surface area contributed by atoms with Crippen LogP contribution in [0.5, 0.6) is 0 Å². The highest BCUT2D eigenvalue weighted by atomic mass is 19.3. The molecule has 0 aromatic rings. The number of alkyl halides is 2. The van der Waals surface area contributed by atoms with Gasteiger partial charge in [-0.15, -0.1) is 0 Å². The van der Waals surface area contributed by atoms with E-state index in [1.807, 2.05) is 6.08 Å². The number of rotatable bonds is 7. The maximum absolute atomic E-state index is 11.8. The Kier molecular flexibility index (Phi) is 6.29. The van der Waals surface area contributed by atoms with Crippen LogP contribution in [-0.4, -0.2) is 32.3 Å². The zero-order valence-electron chi connectivity index (χ0n) is 9.12. The van der Waals surface area contributed by atoms with Crippen molar-refractivity contribution in [3.8, 4) is 0 Å². The minimum Gasteiger partial charge on any atom is -0.497 e. The summed E-state index contributed by atoms with van der Waals surface area (Å²) in [6.45, 7) is 0.388. The number of halogens is 2. The third kappa shape index (κ3) is 4.87. The lowest BCUT2D eigenvalue weighted by molar-refractivity contribution is 0.0134. The summed E-state index contributed by atoms with van der Waals surface area (Å²) in [6.07, 6.45) is 2.04. The lowest BCUT2D eigenvalue weighted by atomic mass is 10.1. The summed E-state index contributed by atoms with van der Waals surface area (Å²) >= 11 is 0. The van der Waals surface area contributed by atoms with Gasteiger partial charge in [0.1, 0.15) is 12.4 Å². The molecule has 0 bridgehead atoms. The number of allylic oxidation sites excluding steroid dienone is 1. The normalized spacial score (nSPS) is 18.1. The van der Waals surface area contributed by atoms with Gasteiger partial charge in [0.05, 0.1) is 12.6 Å². The number of ether oxygens (including phenoxy) is 2. The molecule has 16 heavy (non-hydrogen) atoms. The van der Waals surface area contributed by atoms with Crippen LogP contribution in [0.4, 0.5) is 8.78 Å². The molecule has 1 aliphatic rings. The standard InChI is InChI=1S/C10H18F2N2O2/c11-10(12)7-15-6-4-8(14-13)9-3-1-2-5-16-9/h3,8,10,14H,1-2,4-7,13H2. The molecule has 0 aromatic carbocycles. The maximum atomic E-state index is 11.8. The van der Waals surface area contributed by atoms with Crippen LogP contribution in [0.2, 0.25) is 0 Å².